The van der Waals surface area contributed by atoms with E-state index in [1.165, 1.54) is 0 Å². The molecule has 0 saturated heterocycles. The third kappa shape index (κ3) is 9.95. The SMILES string of the molecule is C=C(C)CCC(CCOCC(F)(F)F)NN. The molecule has 16 heavy (non-hydrogen) atoms. The second kappa shape index (κ2) is 7.65. The van der Waals surface area contributed by atoms with E-state index in [9.17, 15) is 13.2 Å². The molecular weight excluding hydrogens is 221 g/mol. The van der Waals surface area contributed by atoms with Crippen LogP contribution in [0, 0.1) is 0 Å². The van der Waals surface area contributed by atoms with E-state index in [1.807, 2.05) is 6.92 Å². The third-order valence-corrected chi connectivity index (χ3v) is 2.03. The van der Waals surface area contributed by atoms with Crippen LogP contribution >= 0.6 is 0 Å². The van der Waals surface area contributed by atoms with Crippen molar-refractivity contribution in [2.45, 2.75) is 38.4 Å². The smallest absolute Gasteiger partial charge is 0.372 e. The van der Waals surface area contributed by atoms with Crippen molar-refractivity contribution < 1.29 is 17.9 Å². The minimum absolute atomic E-state index is 0.0371. The van der Waals surface area contributed by atoms with Gasteiger partial charge in [0.2, 0.25) is 0 Å². The standard InChI is InChI=1S/C10H19F3N2O/c1-8(2)3-4-9(15-14)5-6-16-7-10(11,12)13/h9,15H,1,3-7,14H2,2H3. The average molecular weight is 240 g/mol. The van der Waals surface area contributed by atoms with E-state index in [2.05, 4.69) is 16.7 Å². The first-order valence-electron chi connectivity index (χ1n) is 5.10. The monoisotopic (exact) mass is 240 g/mol. The van der Waals surface area contributed by atoms with E-state index < -0.39 is 12.8 Å². The molecule has 0 aliphatic carbocycles. The fourth-order valence-corrected chi connectivity index (χ4v) is 1.15. The van der Waals surface area contributed by atoms with Crippen LogP contribution in [0.2, 0.25) is 0 Å². The Hall–Kier alpha value is -0.590. The van der Waals surface area contributed by atoms with E-state index in [0.717, 1.165) is 18.4 Å². The zero-order valence-electron chi connectivity index (χ0n) is 9.44. The molecule has 0 spiro atoms. The Morgan fingerprint density at radius 2 is 2.06 bits per heavy atom. The molecule has 96 valence electrons. The summed E-state index contributed by atoms with van der Waals surface area (Å²) in [4.78, 5) is 0. The number of ether oxygens (including phenoxy) is 1. The molecule has 0 saturated carbocycles. The van der Waals surface area contributed by atoms with Crippen molar-refractivity contribution in [1.29, 1.82) is 0 Å². The number of alkyl halides is 3. The van der Waals surface area contributed by atoms with E-state index >= 15 is 0 Å². The summed E-state index contributed by atoms with van der Waals surface area (Å²) in [5.41, 5.74) is 3.58. The van der Waals surface area contributed by atoms with Crippen LogP contribution in [0.3, 0.4) is 0 Å². The normalized spacial score (nSPS) is 13.8. The number of allylic oxidation sites excluding steroid dienone is 1. The fraction of sp³-hybridized carbons (Fsp3) is 0.800. The Labute approximate surface area is 93.8 Å². The lowest BCUT2D eigenvalue weighted by Gasteiger charge is -2.16. The molecule has 0 amide bonds. The van der Waals surface area contributed by atoms with Gasteiger partial charge in [-0.05, 0) is 26.2 Å². The highest BCUT2D eigenvalue weighted by molar-refractivity contribution is 4.88. The number of hydrogen-bond acceptors (Lipinski definition) is 3. The lowest BCUT2D eigenvalue weighted by molar-refractivity contribution is -0.174. The largest absolute Gasteiger partial charge is 0.411 e. The predicted molar refractivity (Wildman–Crippen MR) is 56.7 cm³/mol. The van der Waals surface area contributed by atoms with Crippen LogP contribution in [-0.2, 0) is 4.74 Å². The van der Waals surface area contributed by atoms with Crippen molar-refractivity contribution in [2.75, 3.05) is 13.2 Å². The molecule has 0 rings (SSSR count). The lowest BCUT2D eigenvalue weighted by Crippen LogP contribution is -2.36. The van der Waals surface area contributed by atoms with E-state index in [4.69, 9.17) is 5.84 Å². The van der Waals surface area contributed by atoms with Crippen LogP contribution in [0.15, 0.2) is 12.2 Å². The molecule has 0 aliphatic rings. The molecule has 0 fully saturated rings. The molecule has 0 heterocycles. The topological polar surface area (TPSA) is 47.3 Å². The van der Waals surface area contributed by atoms with Gasteiger partial charge in [0, 0.05) is 12.6 Å². The van der Waals surface area contributed by atoms with Crippen molar-refractivity contribution in [2.24, 2.45) is 5.84 Å². The molecule has 0 aromatic rings. The number of halogens is 3. The average Bonchev–Trinajstić information content (AvgIpc) is 2.15. The van der Waals surface area contributed by atoms with Gasteiger partial charge in [0.1, 0.15) is 6.61 Å². The molecule has 3 N–H and O–H groups in total. The molecule has 0 aromatic heterocycles. The molecule has 0 aliphatic heterocycles. The van der Waals surface area contributed by atoms with Gasteiger partial charge in [-0.25, -0.2) is 0 Å². The maximum Gasteiger partial charge on any atom is 0.411 e. The number of hydrogen-bond donors (Lipinski definition) is 2. The Kier molecular flexibility index (Phi) is 7.36. The lowest BCUT2D eigenvalue weighted by atomic mass is 10.1. The van der Waals surface area contributed by atoms with Crippen LogP contribution in [0.1, 0.15) is 26.2 Å². The minimum atomic E-state index is -4.26. The molecular formula is C10H19F3N2O. The number of hydrazine groups is 1. The summed E-state index contributed by atoms with van der Waals surface area (Å²) in [6, 6.07) is -0.0371. The first-order valence-corrected chi connectivity index (χ1v) is 5.10. The second-order valence-electron chi connectivity index (χ2n) is 3.82. The van der Waals surface area contributed by atoms with Gasteiger partial charge < -0.3 is 4.74 Å². The summed E-state index contributed by atoms with van der Waals surface area (Å²) in [6.45, 7) is 4.48. The maximum atomic E-state index is 11.7. The molecule has 3 nitrogen and oxygen atoms in total. The Morgan fingerprint density at radius 1 is 1.44 bits per heavy atom. The Bertz CT molecular complexity index is 207. The molecule has 1 atom stereocenters. The number of rotatable bonds is 8. The van der Waals surface area contributed by atoms with Gasteiger partial charge in [-0.1, -0.05) is 5.57 Å². The minimum Gasteiger partial charge on any atom is -0.372 e. The third-order valence-electron chi connectivity index (χ3n) is 2.03. The predicted octanol–water partition coefficient (Wildman–Crippen LogP) is 2.14. The van der Waals surface area contributed by atoms with Crippen molar-refractivity contribution in [3.8, 4) is 0 Å². The fourth-order valence-electron chi connectivity index (χ4n) is 1.15. The molecule has 6 heteroatoms. The zero-order valence-corrected chi connectivity index (χ0v) is 9.44. The molecule has 0 aromatic carbocycles. The van der Waals surface area contributed by atoms with E-state index in [0.29, 0.717) is 6.42 Å². The van der Waals surface area contributed by atoms with E-state index in [-0.39, 0.29) is 12.6 Å². The Morgan fingerprint density at radius 3 is 2.50 bits per heavy atom. The summed E-state index contributed by atoms with van der Waals surface area (Å²) in [5.74, 6) is 5.27. The summed E-state index contributed by atoms with van der Waals surface area (Å²) in [6.07, 6.45) is -2.25. The number of nitrogens with one attached hydrogen (secondary N) is 1. The van der Waals surface area contributed by atoms with Gasteiger partial charge in [0.05, 0.1) is 0 Å². The molecule has 0 bridgehead atoms. The molecule has 1 unspecified atom stereocenters. The van der Waals surface area contributed by atoms with E-state index in [1.54, 1.807) is 0 Å². The summed E-state index contributed by atoms with van der Waals surface area (Å²) in [5, 5.41) is 0. The highest BCUT2D eigenvalue weighted by atomic mass is 19.4. The van der Waals surface area contributed by atoms with Gasteiger partial charge in [0.25, 0.3) is 0 Å². The van der Waals surface area contributed by atoms with Gasteiger partial charge in [-0.15, -0.1) is 6.58 Å². The first-order chi connectivity index (χ1) is 7.35. The van der Waals surface area contributed by atoms with Crippen molar-refractivity contribution in [3.63, 3.8) is 0 Å². The summed E-state index contributed by atoms with van der Waals surface area (Å²) in [7, 11) is 0. The quantitative estimate of drug-likeness (QED) is 0.296. The first kappa shape index (κ1) is 15.4. The highest BCUT2D eigenvalue weighted by Crippen LogP contribution is 2.15. The van der Waals surface area contributed by atoms with Gasteiger partial charge in [0.15, 0.2) is 0 Å². The van der Waals surface area contributed by atoms with Crippen molar-refractivity contribution in [3.05, 3.63) is 12.2 Å². The number of nitrogens with two attached hydrogens (primary N) is 1. The van der Waals surface area contributed by atoms with Gasteiger partial charge >= 0.3 is 6.18 Å². The Balaban J connectivity index is 3.59. The van der Waals surface area contributed by atoms with Crippen LogP contribution < -0.4 is 11.3 Å². The van der Waals surface area contributed by atoms with Crippen LogP contribution in [-0.4, -0.2) is 25.4 Å². The van der Waals surface area contributed by atoms with Gasteiger partial charge in [-0.2, -0.15) is 13.2 Å². The van der Waals surface area contributed by atoms with Crippen LogP contribution in [0.25, 0.3) is 0 Å². The summed E-state index contributed by atoms with van der Waals surface area (Å²) < 4.78 is 39.7. The zero-order chi connectivity index (χ0) is 12.6. The van der Waals surface area contributed by atoms with Crippen molar-refractivity contribution >= 4 is 0 Å². The summed E-state index contributed by atoms with van der Waals surface area (Å²) >= 11 is 0. The highest BCUT2D eigenvalue weighted by Gasteiger charge is 2.27. The van der Waals surface area contributed by atoms with Crippen molar-refractivity contribution in [1.82, 2.24) is 5.43 Å². The van der Waals surface area contributed by atoms with Gasteiger partial charge in [-0.3, -0.25) is 11.3 Å². The van der Waals surface area contributed by atoms with Crippen LogP contribution in [0.5, 0.6) is 0 Å². The maximum absolute atomic E-state index is 11.7. The second-order valence-corrected chi connectivity index (χ2v) is 3.82. The molecule has 0 radical (unpaired) electrons. The van der Waals surface area contributed by atoms with Crippen LogP contribution in [0.4, 0.5) is 13.2 Å².